The van der Waals surface area contributed by atoms with E-state index in [1.165, 1.54) is 7.11 Å². The number of methoxy groups -OCH3 is 1. The summed E-state index contributed by atoms with van der Waals surface area (Å²) in [6, 6.07) is 17.7. The fraction of sp³-hybridized carbons (Fsp3) is 0.179. The van der Waals surface area contributed by atoms with Crippen molar-refractivity contribution in [2.24, 2.45) is 5.73 Å². The molecule has 1 heterocycles. The first-order valence-corrected chi connectivity index (χ1v) is 11.4. The van der Waals surface area contributed by atoms with Gasteiger partial charge >= 0.3 is 6.03 Å². The molecule has 1 aromatic heterocycles. The van der Waals surface area contributed by atoms with Crippen LogP contribution < -0.4 is 25.8 Å². The number of amides is 3. The lowest BCUT2D eigenvalue weighted by Gasteiger charge is -2.23. The molecule has 4 aromatic rings. The maximum atomic E-state index is 13.1. The molecule has 0 aliphatic heterocycles. The Morgan fingerprint density at radius 1 is 0.889 bits per heavy atom. The van der Waals surface area contributed by atoms with Crippen LogP contribution in [0.5, 0.6) is 17.2 Å². The van der Waals surface area contributed by atoms with E-state index in [0.717, 1.165) is 16.3 Å². The topological polar surface area (TPSA) is 116 Å². The van der Waals surface area contributed by atoms with Gasteiger partial charge in [0.2, 0.25) is 0 Å². The van der Waals surface area contributed by atoms with Gasteiger partial charge in [-0.2, -0.15) is 0 Å². The summed E-state index contributed by atoms with van der Waals surface area (Å²) in [7, 11) is 1.43. The van der Waals surface area contributed by atoms with Crippen LogP contribution in [0.4, 0.5) is 16.2 Å². The minimum atomic E-state index is -0.641. The third-order valence-electron chi connectivity index (χ3n) is 5.68. The molecule has 4 rings (SSSR count). The van der Waals surface area contributed by atoms with Crippen molar-refractivity contribution in [1.29, 1.82) is 0 Å². The Kier molecular flexibility index (Phi) is 6.78. The van der Waals surface area contributed by atoms with Gasteiger partial charge in [0, 0.05) is 23.2 Å². The molecule has 0 saturated heterocycles. The summed E-state index contributed by atoms with van der Waals surface area (Å²) in [4.78, 5) is 29.2. The number of hydrogen-bond acceptors (Lipinski definition) is 5. The van der Waals surface area contributed by atoms with E-state index in [-0.39, 0.29) is 16.7 Å². The maximum Gasteiger partial charge on any atom is 0.323 e. The van der Waals surface area contributed by atoms with E-state index in [2.05, 4.69) is 15.6 Å². The standard InChI is InChI=1S/C28H28N4O4/c1-28(2,3)17-15-21(26(29)33)25(35-4)23(16-17)32-27(34)31-22-9-10-24(20-8-6-5-7-19(20)22)36-18-11-13-30-14-12-18/h5-16H,1-4H3,(H2,29,33)(H2,31,32,34). The molecule has 8 nitrogen and oxygen atoms in total. The molecule has 0 saturated carbocycles. The van der Waals surface area contributed by atoms with E-state index in [0.29, 0.717) is 22.9 Å². The predicted octanol–water partition coefficient (Wildman–Crippen LogP) is 6.08. The zero-order valence-electron chi connectivity index (χ0n) is 20.6. The maximum absolute atomic E-state index is 13.1. The van der Waals surface area contributed by atoms with Crippen LogP contribution in [0.1, 0.15) is 36.7 Å². The Balaban J connectivity index is 1.65. The lowest BCUT2D eigenvalue weighted by molar-refractivity contribution is 0.0997. The fourth-order valence-corrected chi connectivity index (χ4v) is 3.84. The van der Waals surface area contributed by atoms with Crippen LogP contribution in [0.25, 0.3) is 10.8 Å². The van der Waals surface area contributed by atoms with Crippen LogP contribution in [0.15, 0.2) is 73.1 Å². The summed E-state index contributed by atoms with van der Waals surface area (Å²) in [5, 5.41) is 7.34. The van der Waals surface area contributed by atoms with E-state index in [9.17, 15) is 9.59 Å². The number of ether oxygens (including phenoxy) is 2. The monoisotopic (exact) mass is 484 g/mol. The van der Waals surface area contributed by atoms with E-state index >= 15 is 0 Å². The molecule has 0 radical (unpaired) electrons. The van der Waals surface area contributed by atoms with Crippen LogP contribution in [0, 0.1) is 0 Å². The SMILES string of the molecule is COc1c(NC(=O)Nc2ccc(Oc3ccncc3)c3ccccc23)cc(C(C)(C)C)cc1C(N)=O. The number of nitrogens with zero attached hydrogens (tertiary/aromatic N) is 1. The Bertz CT molecular complexity index is 1430. The largest absolute Gasteiger partial charge is 0.494 e. The fourth-order valence-electron chi connectivity index (χ4n) is 3.84. The number of fused-ring (bicyclic) bond motifs is 1. The third-order valence-corrected chi connectivity index (χ3v) is 5.68. The summed E-state index contributed by atoms with van der Waals surface area (Å²) in [6.07, 6.45) is 3.31. The van der Waals surface area contributed by atoms with Gasteiger partial charge in [0.05, 0.1) is 24.0 Å². The number of benzene rings is 3. The second kappa shape index (κ2) is 9.95. The summed E-state index contributed by atoms with van der Waals surface area (Å²) >= 11 is 0. The average molecular weight is 485 g/mol. The molecule has 0 spiro atoms. The number of anilines is 2. The van der Waals surface area contributed by atoms with Crippen molar-refractivity contribution in [3.63, 3.8) is 0 Å². The minimum absolute atomic E-state index is 0.197. The van der Waals surface area contributed by atoms with Gasteiger partial charge in [-0.05, 0) is 47.4 Å². The second-order valence-corrected chi connectivity index (χ2v) is 9.24. The molecule has 0 aliphatic carbocycles. The van der Waals surface area contributed by atoms with Crippen LogP contribution in [0.3, 0.4) is 0 Å². The molecule has 8 heteroatoms. The van der Waals surface area contributed by atoms with Gasteiger partial charge in [-0.1, -0.05) is 45.0 Å². The lowest BCUT2D eigenvalue weighted by Crippen LogP contribution is -2.23. The molecule has 0 bridgehead atoms. The number of primary amides is 1. The van der Waals surface area contributed by atoms with Gasteiger partial charge in [0.1, 0.15) is 11.5 Å². The van der Waals surface area contributed by atoms with Crippen molar-refractivity contribution in [2.75, 3.05) is 17.7 Å². The van der Waals surface area contributed by atoms with E-state index in [4.69, 9.17) is 15.2 Å². The third kappa shape index (κ3) is 5.22. The highest BCUT2D eigenvalue weighted by Gasteiger charge is 2.23. The Morgan fingerprint density at radius 2 is 1.56 bits per heavy atom. The van der Waals surface area contributed by atoms with Gasteiger partial charge in [-0.3, -0.25) is 9.78 Å². The smallest absolute Gasteiger partial charge is 0.323 e. The zero-order valence-corrected chi connectivity index (χ0v) is 20.6. The second-order valence-electron chi connectivity index (χ2n) is 9.24. The van der Waals surface area contributed by atoms with Crippen LogP contribution >= 0.6 is 0 Å². The van der Waals surface area contributed by atoms with Crippen molar-refractivity contribution in [1.82, 2.24) is 4.98 Å². The molecule has 0 unspecified atom stereocenters. The molecular formula is C28H28N4O4. The molecule has 3 amide bonds. The number of rotatable bonds is 6. The molecule has 184 valence electrons. The average Bonchev–Trinajstić information content (AvgIpc) is 2.85. The number of urea groups is 1. The number of nitrogens with one attached hydrogen (secondary N) is 2. The minimum Gasteiger partial charge on any atom is -0.494 e. The molecule has 0 atom stereocenters. The van der Waals surface area contributed by atoms with Crippen LogP contribution in [0.2, 0.25) is 0 Å². The molecule has 3 aromatic carbocycles. The number of carbonyl (C=O) groups is 2. The Morgan fingerprint density at radius 3 is 2.19 bits per heavy atom. The zero-order chi connectivity index (χ0) is 25.9. The normalized spacial score (nSPS) is 11.1. The summed E-state index contributed by atoms with van der Waals surface area (Å²) < 4.78 is 11.5. The number of aromatic nitrogens is 1. The number of carbonyl (C=O) groups excluding carboxylic acids is 2. The van der Waals surface area contributed by atoms with Gasteiger partial charge in [0.15, 0.2) is 5.75 Å². The molecule has 0 aliphatic rings. The molecular weight excluding hydrogens is 456 g/mol. The number of nitrogens with two attached hydrogens (primary N) is 1. The first kappa shape index (κ1) is 24.5. The predicted molar refractivity (Wildman–Crippen MR) is 141 cm³/mol. The summed E-state index contributed by atoms with van der Waals surface area (Å²) in [6.45, 7) is 6.02. The highest BCUT2D eigenvalue weighted by molar-refractivity contribution is 6.09. The number of pyridine rings is 1. The van der Waals surface area contributed by atoms with Gasteiger partial charge < -0.3 is 25.8 Å². The molecule has 4 N–H and O–H groups in total. The molecule has 36 heavy (non-hydrogen) atoms. The Hall–Kier alpha value is -4.59. The quantitative estimate of drug-likeness (QED) is 0.307. The molecule has 0 fully saturated rings. The van der Waals surface area contributed by atoms with Crippen molar-refractivity contribution in [2.45, 2.75) is 26.2 Å². The summed E-state index contributed by atoms with van der Waals surface area (Å²) in [5.74, 6) is 0.867. The van der Waals surface area contributed by atoms with E-state index < -0.39 is 11.9 Å². The van der Waals surface area contributed by atoms with Crippen molar-refractivity contribution >= 4 is 34.1 Å². The summed E-state index contributed by atoms with van der Waals surface area (Å²) in [5.41, 5.74) is 7.27. The van der Waals surface area contributed by atoms with Crippen molar-refractivity contribution in [3.05, 3.63) is 84.2 Å². The van der Waals surface area contributed by atoms with Gasteiger partial charge in [-0.15, -0.1) is 0 Å². The van der Waals surface area contributed by atoms with Crippen molar-refractivity contribution < 1.29 is 19.1 Å². The van der Waals surface area contributed by atoms with Crippen LogP contribution in [-0.2, 0) is 5.41 Å². The lowest BCUT2D eigenvalue weighted by atomic mass is 9.85. The number of hydrogen-bond donors (Lipinski definition) is 3. The van der Waals surface area contributed by atoms with Crippen molar-refractivity contribution in [3.8, 4) is 17.2 Å². The highest BCUT2D eigenvalue weighted by atomic mass is 16.5. The first-order valence-electron chi connectivity index (χ1n) is 11.4. The van der Waals surface area contributed by atoms with E-state index in [1.807, 2.05) is 45.0 Å². The van der Waals surface area contributed by atoms with Gasteiger partial charge in [-0.25, -0.2) is 4.79 Å². The van der Waals surface area contributed by atoms with Gasteiger partial charge in [0.25, 0.3) is 5.91 Å². The van der Waals surface area contributed by atoms with E-state index in [1.54, 1.807) is 48.8 Å². The highest BCUT2D eigenvalue weighted by Crippen LogP contribution is 2.37. The Labute approximate surface area is 209 Å². The first-order chi connectivity index (χ1) is 17.2. The van der Waals surface area contributed by atoms with Crippen LogP contribution in [-0.4, -0.2) is 24.0 Å².